The van der Waals surface area contributed by atoms with Crippen LogP contribution < -0.4 is 0 Å². The van der Waals surface area contributed by atoms with Crippen LogP contribution in [0, 0.1) is 0 Å². The van der Waals surface area contributed by atoms with Crippen molar-refractivity contribution in [2.45, 2.75) is 34.8 Å². The molecule has 0 saturated carbocycles. The first-order valence-corrected chi connectivity index (χ1v) is 12.2. The maximum absolute atomic E-state index is 13.2. The number of Topliss-reactive ketones (excluding diaryl/α,β-unsaturated/α-hetero) is 2. The third-order valence-corrected chi connectivity index (χ3v) is 9.60. The molecule has 0 radical (unpaired) electrons. The molecule has 0 bridgehead atoms. The Labute approximate surface area is 170 Å². The summed E-state index contributed by atoms with van der Waals surface area (Å²) in [6.07, 6.45) is 1.53. The predicted molar refractivity (Wildman–Crippen MR) is 108 cm³/mol. The summed E-state index contributed by atoms with van der Waals surface area (Å²) in [6, 6.07) is 6.56. The van der Waals surface area contributed by atoms with Crippen molar-refractivity contribution in [1.82, 2.24) is 0 Å². The van der Waals surface area contributed by atoms with E-state index in [1.54, 1.807) is 29.3 Å². The van der Waals surface area contributed by atoms with Crippen molar-refractivity contribution in [1.29, 1.82) is 0 Å². The Bertz CT molecular complexity index is 1080. The fraction of sp³-hybridized carbons (Fsp3) is 0.263. The molecule has 2 aromatic rings. The van der Waals surface area contributed by atoms with Crippen molar-refractivity contribution in [3.05, 3.63) is 56.3 Å². The highest BCUT2D eigenvalue weighted by Crippen LogP contribution is 2.40. The number of ketones is 2. The number of thiophene rings is 1. The second-order valence-corrected chi connectivity index (χ2v) is 11.0. The standard InChI is InChI=1S/C19H15ClO4S3/c20-18-11-8-10-25-14(11)7-6-12(18)19(22)17-13(21)3-1-4-15(17)27(23,24)16-5-2-9-26-16/h2,5-7,9H,1,3-4,8,10H2. The van der Waals surface area contributed by atoms with Gasteiger partial charge in [-0.05, 0) is 48.4 Å². The first kappa shape index (κ1) is 18.9. The van der Waals surface area contributed by atoms with Crippen LogP contribution in [-0.4, -0.2) is 25.7 Å². The van der Waals surface area contributed by atoms with Crippen LogP contribution in [0.5, 0.6) is 0 Å². The molecule has 27 heavy (non-hydrogen) atoms. The van der Waals surface area contributed by atoms with E-state index in [2.05, 4.69) is 0 Å². The third-order valence-electron chi connectivity index (χ3n) is 4.73. The van der Waals surface area contributed by atoms with E-state index in [9.17, 15) is 18.0 Å². The number of benzene rings is 1. The maximum Gasteiger partial charge on any atom is 0.213 e. The van der Waals surface area contributed by atoms with Gasteiger partial charge in [0.05, 0.1) is 15.5 Å². The number of carbonyl (C=O) groups excluding carboxylic acids is 2. The quantitative estimate of drug-likeness (QED) is 0.510. The minimum absolute atomic E-state index is 0.0721. The summed E-state index contributed by atoms with van der Waals surface area (Å²) >= 11 is 9.21. The first-order chi connectivity index (χ1) is 12.9. The molecule has 1 aromatic carbocycles. The van der Waals surface area contributed by atoms with Crippen molar-refractivity contribution >= 4 is 56.1 Å². The summed E-state index contributed by atoms with van der Waals surface area (Å²) < 4.78 is 26.2. The summed E-state index contributed by atoms with van der Waals surface area (Å²) in [6.45, 7) is 0. The Kier molecular flexibility index (Phi) is 5.05. The van der Waals surface area contributed by atoms with Gasteiger partial charge in [0.1, 0.15) is 4.21 Å². The van der Waals surface area contributed by atoms with Crippen LogP contribution in [0.4, 0.5) is 0 Å². The number of allylic oxidation sites excluding steroid dienone is 2. The molecule has 2 heterocycles. The molecule has 0 spiro atoms. The lowest BCUT2D eigenvalue weighted by molar-refractivity contribution is -0.115. The molecule has 0 saturated heterocycles. The zero-order chi connectivity index (χ0) is 19.2. The average molecular weight is 439 g/mol. The zero-order valence-corrected chi connectivity index (χ0v) is 17.4. The van der Waals surface area contributed by atoms with E-state index >= 15 is 0 Å². The second kappa shape index (κ2) is 7.20. The topological polar surface area (TPSA) is 68.3 Å². The molecule has 0 N–H and O–H groups in total. The van der Waals surface area contributed by atoms with E-state index in [1.807, 2.05) is 6.07 Å². The highest BCUT2D eigenvalue weighted by molar-refractivity contribution is 7.99. The maximum atomic E-state index is 13.2. The molecular weight excluding hydrogens is 424 g/mol. The molecule has 0 fully saturated rings. The fourth-order valence-corrected chi connectivity index (χ4v) is 7.70. The minimum Gasteiger partial charge on any atom is -0.294 e. The highest BCUT2D eigenvalue weighted by Gasteiger charge is 2.36. The number of fused-ring (bicyclic) bond motifs is 1. The summed E-state index contributed by atoms with van der Waals surface area (Å²) in [7, 11) is -3.87. The molecule has 2 aliphatic rings. The lowest BCUT2D eigenvalue weighted by atomic mass is 9.91. The Hall–Kier alpha value is -1.41. The van der Waals surface area contributed by atoms with Crippen LogP contribution in [0.3, 0.4) is 0 Å². The van der Waals surface area contributed by atoms with Gasteiger partial charge in [-0.2, -0.15) is 0 Å². The van der Waals surface area contributed by atoms with Crippen LogP contribution in [-0.2, 0) is 21.1 Å². The number of thioether (sulfide) groups is 1. The van der Waals surface area contributed by atoms with Crippen LogP contribution >= 0.6 is 34.7 Å². The molecule has 0 amide bonds. The predicted octanol–water partition coefficient (Wildman–Crippen LogP) is 4.71. The fourth-order valence-electron chi connectivity index (χ4n) is 3.42. The van der Waals surface area contributed by atoms with Gasteiger partial charge in [-0.15, -0.1) is 23.1 Å². The number of halogens is 1. The summed E-state index contributed by atoms with van der Waals surface area (Å²) in [5.41, 5.74) is 0.892. The minimum atomic E-state index is -3.87. The van der Waals surface area contributed by atoms with Gasteiger partial charge in [-0.3, -0.25) is 9.59 Å². The molecule has 0 atom stereocenters. The summed E-state index contributed by atoms with van der Waals surface area (Å²) in [5.74, 6) is -0.112. The van der Waals surface area contributed by atoms with Crippen molar-refractivity contribution in [2.75, 3.05) is 5.75 Å². The molecule has 1 aliphatic carbocycles. The second-order valence-electron chi connectivity index (χ2n) is 6.34. The SMILES string of the molecule is O=C1CCCC(S(=O)(=O)c2cccs2)=C1C(=O)c1ccc2c(c1Cl)CCS2. The Morgan fingerprint density at radius 2 is 1.93 bits per heavy atom. The largest absolute Gasteiger partial charge is 0.294 e. The third kappa shape index (κ3) is 3.20. The number of hydrogen-bond acceptors (Lipinski definition) is 6. The van der Waals surface area contributed by atoms with E-state index < -0.39 is 21.4 Å². The van der Waals surface area contributed by atoms with Gasteiger partial charge in [-0.25, -0.2) is 8.42 Å². The molecule has 4 rings (SSSR count). The molecule has 0 unspecified atom stereocenters. The molecular formula is C19H15ClO4S3. The number of carbonyl (C=O) groups is 2. The van der Waals surface area contributed by atoms with Gasteiger partial charge >= 0.3 is 0 Å². The zero-order valence-electron chi connectivity index (χ0n) is 14.2. The van der Waals surface area contributed by atoms with E-state index in [4.69, 9.17) is 11.6 Å². The highest BCUT2D eigenvalue weighted by atomic mass is 35.5. The number of hydrogen-bond donors (Lipinski definition) is 0. The monoisotopic (exact) mass is 438 g/mol. The number of sulfone groups is 1. The molecule has 1 aromatic heterocycles. The van der Waals surface area contributed by atoms with Crippen molar-refractivity contribution < 1.29 is 18.0 Å². The first-order valence-electron chi connectivity index (χ1n) is 8.45. The van der Waals surface area contributed by atoms with E-state index in [0.29, 0.717) is 11.4 Å². The molecule has 4 nitrogen and oxygen atoms in total. The van der Waals surface area contributed by atoms with Crippen molar-refractivity contribution in [3.63, 3.8) is 0 Å². The normalized spacial score (nSPS) is 17.3. The average Bonchev–Trinajstić information content (AvgIpc) is 3.33. The van der Waals surface area contributed by atoms with Gasteiger partial charge in [0.25, 0.3) is 0 Å². The van der Waals surface area contributed by atoms with E-state index in [-0.39, 0.29) is 33.1 Å². The molecule has 140 valence electrons. The Balaban J connectivity index is 1.88. The van der Waals surface area contributed by atoms with Crippen LogP contribution in [0.15, 0.2) is 49.2 Å². The number of rotatable bonds is 4. The molecule has 8 heteroatoms. The van der Waals surface area contributed by atoms with Crippen LogP contribution in [0.1, 0.15) is 35.2 Å². The molecule has 1 aliphatic heterocycles. The van der Waals surface area contributed by atoms with Gasteiger partial charge in [0, 0.05) is 22.6 Å². The Morgan fingerprint density at radius 1 is 1.11 bits per heavy atom. The van der Waals surface area contributed by atoms with E-state index in [0.717, 1.165) is 34.0 Å². The Morgan fingerprint density at radius 3 is 2.67 bits per heavy atom. The van der Waals surface area contributed by atoms with Crippen LogP contribution in [0.25, 0.3) is 0 Å². The summed E-state index contributed by atoms with van der Waals surface area (Å²) in [4.78, 5) is 26.8. The van der Waals surface area contributed by atoms with Gasteiger partial charge in [0.15, 0.2) is 11.6 Å². The summed E-state index contributed by atoms with van der Waals surface area (Å²) in [5, 5.41) is 2.00. The van der Waals surface area contributed by atoms with E-state index in [1.165, 1.54) is 6.07 Å². The lowest BCUT2D eigenvalue weighted by Crippen LogP contribution is -2.23. The van der Waals surface area contributed by atoms with Gasteiger partial charge in [0.2, 0.25) is 9.84 Å². The van der Waals surface area contributed by atoms with Gasteiger partial charge < -0.3 is 0 Å². The van der Waals surface area contributed by atoms with Gasteiger partial charge in [-0.1, -0.05) is 17.7 Å². The van der Waals surface area contributed by atoms with Crippen molar-refractivity contribution in [3.8, 4) is 0 Å². The van der Waals surface area contributed by atoms with Crippen molar-refractivity contribution in [2.24, 2.45) is 0 Å². The smallest absolute Gasteiger partial charge is 0.213 e. The lowest BCUT2D eigenvalue weighted by Gasteiger charge is -2.19. The van der Waals surface area contributed by atoms with Crippen LogP contribution in [0.2, 0.25) is 5.02 Å².